The fourth-order valence-corrected chi connectivity index (χ4v) is 5.55. The molecular formula is C31H45NOS. The van der Waals surface area contributed by atoms with Crippen LogP contribution < -0.4 is 4.90 Å². The Morgan fingerprint density at radius 1 is 0.941 bits per heavy atom. The van der Waals surface area contributed by atoms with Gasteiger partial charge in [-0.3, -0.25) is 4.79 Å². The number of benzene rings is 1. The van der Waals surface area contributed by atoms with E-state index in [0.717, 1.165) is 37.1 Å². The Labute approximate surface area is 213 Å². The highest BCUT2D eigenvalue weighted by Gasteiger charge is 2.33. The SMILES string of the molecule is CC(=O)N1c2ccc(SCCC/C=C(\C)CC/C=C(\C)CCC=C(C)C)cc2C(C)=CC1(C)C. The number of carbonyl (C=O) groups is 1. The molecule has 0 radical (unpaired) electrons. The zero-order chi connectivity index (χ0) is 25.3. The molecule has 1 aromatic rings. The standard InChI is InChI=1S/C31H45NOS/c1-23(2)13-11-15-25(4)17-12-16-24(3)14-9-10-20-34-28-18-19-30-29(21-28)26(5)22-31(7,8)32(30)27(6)33/h13-14,17-19,21-22H,9-12,15-16,20H2,1-8H3/b24-14+,25-17+. The Hall–Kier alpha value is -2.00. The summed E-state index contributed by atoms with van der Waals surface area (Å²) in [4.78, 5) is 15.5. The van der Waals surface area contributed by atoms with Crippen molar-refractivity contribution in [1.29, 1.82) is 0 Å². The van der Waals surface area contributed by atoms with Crippen LogP contribution in [0.1, 0.15) is 99.5 Å². The van der Waals surface area contributed by atoms with Crippen LogP contribution in [0, 0.1) is 0 Å². The van der Waals surface area contributed by atoms with Gasteiger partial charge in [-0.05, 0) is 117 Å². The van der Waals surface area contributed by atoms with Crippen LogP contribution in [0.2, 0.25) is 0 Å². The fourth-order valence-electron chi connectivity index (χ4n) is 4.63. The molecule has 186 valence electrons. The van der Waals surface area contributed by atoms with Crippen molar-refractivity contribution in [3.63, 3.8) is 0 Å². The fraction of sp³-hybridized carbons (Fsp3) is 0.516. The van der Waals surface area contributed by atoms with E-state index in [1.165, 1.54) is 45.6 Å². The van der Waals surface area contributed by atoms with Crippen molar-refractivity contribution < 1.29 is 4.79 Å². The maximum Gasteiger partial charge on any atom is 0.224 e. The first-order valence-corrected chi connectivity index (χ1v) is 13.7. The minimum Gasteiger partial charge on any atom is -0.303 e. The van der Waals surface area contributed by atoms with Crippen LogP contribution in [0.15, 0.2) is 64.1 Å². The Balaban J connectivity index is 1.80. The minimum absolute atomic E-state index is 0.0898. The Morgan fingerprint density at radius 3 is 2.18 bits per heavy atom. The van der Waals surface area contributed by atoms with Crippen LogP contribution in [0.25, 0.3) is 5.57 Å². The summed E-state index contributed by atoms with van der Waals surface area (Å²) >= 11 is 1.91. The minimum atomic E-state index is -0.290. The van der Waals surface area contributed by atoms with Crippen LogP contribution in [0.4, 0.5) is 5.69 Å². The molecule has 0 unspecified atom stereocenters. The van der Waals surface area contributed by atoms with Crippen LogP contribution >= 0.6 is 11.8 Å². The first-order valence-electron chi connectivity index (χ1n) is 12.7. The van der Waals surface area contributed by atoms with Crippen LogP contribution in [-0.4, -0.2) is 17.2 Å². The molecule has 2 nitrogen and oxygen atoms in total. The maximum atomic E-state index is 12.3. The number of hydrogen-bond donors (Lipinski definition) is 0. The highest BCUT2D eigenvalue weighted by Crippen LogP contribution is 2.40. The number of thioether (sulfide) groups is 1. The predicted molar refractivity (Wildman–Crippen MR) is 153 cm³/mol. The lowest BCUT2D eigenvalue weighted by atomic mass is 9.89. The number of fused-ring (bicyclic) bond motifs is 1. The van der Waals surface area contributed by atoms with Gasteiger partial charge in [0, 0.05) is 17.4 Å². The monoisotopic (exact) mass is 479 g/mol. The molecule has 1 aliphatic heterocycles. The van der Waals surface area contributed by atoms with Gasteiger partial charge in [-0.15, -0.1) is 11.8 Å². The highest BCUT2D eigenvalue weighted by atomic mass is 32.2. The molecule has 34 heavy (non-hydrogen) atoms. The van der Waals surface area contributed by atoms with Crippen molar-refractivity contribution in [2.45, 2.75) is 104 Å². The lowest BCUT2D eigenvalue weighted by Gasteiger charge is -2.41. The third-order valence-corrected chi connectivity index (χ3v) is 7.41. The molecule has 1 aliphatic rings. The Morgan fingerprint density at radius 2 is 1.56 bits per heavy atom. The van der Waals surface area contributed by atoms with E-state index in [2.05, 4.69) is 91.0 Å². The van der Waals surface area contributed by atoms with E-state index in [1.807, 2.05) is 16.7 Å². The van der Waals surface area contributed by atoms with E-state index >= 15 is 0 Å². The molecule has 1 amide bonds. The highest BCUT2D eigenvalue weighted by molar-refractivity contribution is 7.99. The van der Waals surface area contributed by atoms with Crippen molar-refractivity contribution in [3.8, 4) is 0 Å². The van der Waals surface area contributed by atoms with Crippen molar-refractivity contribution >= 4 is 28.9 Å². The van der Waals surface area contributed by atoms with E-state index in [4.69, 9.17) is 0 Å². The molecule has 2 rings (SSSR count). The molecule has 0 aromatic heterocycles. The van der Waals surface area contributed by atoms with Gasteiger partial charge in [-0.2, -0.15) is 0 Å². The third kappa shape index (κ3) is 8.65. The number of amides is 1. The first-order chi connectivity index (χ1) is 16.0. The van der Waals surface area contributed by atoms with E-state index in [0.29, 0.717) is 0 Å². The number of allylic oxidation sites excluding steroid dienone is 7. The van der Waals surface area contributed by atoms with Gasteiger partial charge in [-0.25, -0.2) is 0 Å². The van der Waals surface area contributed by atoms with Gasteiger partial charge in [0.25, 0.3) is 0 Å². The van der Waals surface area contributed by atoms with E-state index in [9.17, 15) is 4.79 Å². The molecule has 0 spiro atoms. The van der Waals surface area contributed by atoms with Gasteiger partial charge in [0.05, 0.1) is 11.2 Å². The maximum absolute atomic E-state index is 12.3. The lowest BCUT2D eigenvalue weighted by molar-refractivity contribution is -0.117. The average Bonchev–Trinajstić information content (AvgIpc) is 2.72. The molecule has 3 heteroatoms. The normalized spacial score (nSPS) is 15.6. The first kappa shape index (κ1) is 28.2. The second-order valence-corrected chi connectivity index (χ2v) is 11.6. The van der Waals surface area contributed by atoms with Crippen molar-refractivity contribution in [2.24, 2.45) is 0 Å². The van der Waals surface area contributed by atoms with Gasteiger partial charge in [-0.1, -0.05) is 41.0 Å². The van der Waals surface area contributed by atoms with E-state index < -0.39 is 0 Å². The number of unbranched alkanes of at least 4 members (excludes halogenated alkanes) is 1. The van der Waals surface area contributed by atoms with Gasteiger partial charge in [0.15, 0.2) is 0 Å². The quantitative estimate of drug-likeness (QED) is 0.179. The van der Waals surface area contributed by atoms with Gasteiger partial charge in [0.2, 0.25) is 5.91 Å². The average molecular weight is 480 g/mol. The van der Waals surface area contributed by atoms with Crippen molar-refractivity contribution in [3.05, 3.63) is 64.8 Å². The summed E-state index contributed by atoms with van der Waals surface area (Å²) in [5.74, 6) is 1.20. The summed E-state index contributed by atoms with van der Waals surface area (Å²) in [6.07, 6.45) is 16.3. The zero-order valence-electron chi connectivity index (χ0n) is 22.8. The molecule has 0 bridgehead atoms. The second-order valence-electron chi connectivity index (χ2n) is 10.5. The molecular weight excluding hydrogens is 434 g/mol. The number of hydrogen-bond acceptors (Lipinski definition) is 2. The molecule has 0 saturated heterocycles. The molecule has 0 N–H and O–H groups in total. The molecule has 0 atom stereocenters. The molecule has 0 aliphatic carbocycles. The second kappa shape index (κ2) is 13.2. The summed E-state index contributed by atoms with van der Waals surface area (Å²) < 4.78 is 0. The smallest absolute Gasteiger partial charge is 0.224 e. The van der Waals surface area contributed by atoms with Crippen molar-refractivity contribution in [1.82, 2.24) is 0 Å². The number of rotatable bonds is 11. The van der Waals surface area contributed by atoms with Crippen LogP contribution in [0.5, 0.6) is 0 Å². The number of nitrogens with zero attached hydrogens (tertiary/aromatic N) is 1. The summed E-state index contributed by atoms with van der Waals surface area (Å²) in [6.45, 7) is 16.9. The summed E-state index contributed by atoms with van der Waals surface area (Å²) in [7, 11) is 0. The Kier molecular flexibility index (Phi) is 11.0. The third-order valence-electron chi connectivity index (χ3n) is 6.33. The molecule has 0 fully saturated rings. The summed E-state index contributed by atoms with van der Waals surface area (Å²) in [5, 5.41) is 0. The number of anilines is 1. The molecule has 0 saturated carbocycles. The topological polar surface area (TPSA) is 20.3 Å². The van der Waals surface area contributed by atoms with Crippen LogP contribution in [-0.2, 0) is 4.79 Å². The largest absolute Gasteiger partial charge is 0.303 e. The van der Waals surface area contributed by atoms with E-state index in [1.54, 1.807) is 6.92 Å². The zero-order valence-corrected chi connectivity index (χ0v) is 23.6. The lowest BCUT2D eigenvalue weighted by Crippen LogP contribution is -2.47. The summed E-state index contributed by atoms with van der Waals surface area (Å²) in [6, 6.07) is 6.54. The van der Waals surface area contributed by atoms with Gasteiger partial charge in [0.1, 0.15) is 0 Å². The van der Waals surface area contributed by atoms with Gasteiger partial charge < -0.3 is 4.90 Å². The van der Waals surface area contributed by atoms with Crippen LogP contribution in [0.3, 0.4) is 0 Å². The molecule has 1 heterocycles. The number of carbonyl (C=O) groups excluding carboxylic acids is 1. The Bertz CT molecular complexity index is 973. The van der Waals surface area contributed by atoms with Gasteiger partial charge >= 0.3 is 0 Å². The summed E-state index contributed by atoms with van der Waals surface area (Å²) in [5.41, 5.74) is 7.58. The van der Waals surface area contributed by atoms with Crippen molar-refractivity contribution in [2.75, 3.05) is 10.7 Å². The van der Waals surface area contributed by atoms with E-state index in [-0.39, 0.29) is 11.4 Å². The molecule has 1 aromatic carbocycles. The predicted octanol–water partition coefficient (Wildman–Crippen LogP) is 9.53.